The third kappa shape index (κ3) is 4.68. The number of benzene rings is 8. The second kappa shape index (κ2) is 11.6. The predicted molar refractivity (Wildman–Crippen MR) is 224 cm³/mol. The molecule has 1 aliphatic rings. The lowest BCUT2D eigenvalue weighted by Crippen LogP contribution is -2.16. The minimum atomic E-state index is -0.116. The summed E-state index contributed by atoms with van der Waals surface area (Å²) in [7, 11) is 0. The van der Waals surface area contributed by atoms with Gasteiger partial charge < -0.3 is 13.7 Å². The van der Waals surface area contributed by atoms with E-state index >= 15 is 0 Å². The summed E-state index contributed by atoms with van der Waals surface area (Å²) in [6, 6.07) is 63.0. The van der Waals surface area contributed by atoms with Gasteiger partial charge in [-0.3, -0.25) is 0 Å². The molecule has 11 rings (SSSR count). The fourth-order valence-corrected chi connectivity index (χ4v) is 8.69. The minimum absolute atomic E-state index is 0.116. The number of hydrogen-bond acceptors (Lipinski definition) is 3. The fourth-order valence-electron chi connectivity index (χ4n) is 8.69. The summed E-state index contributed by atoms with van der Waals surface area (Å²) in [5, 5.41) is 4.22. The first-order valence-electron chi connectivity index (χ1n) is 18.6. The van der Waals surface area contributed by atoms with Crippen LogP contribution in [-0.4, -0.2) is 0 Å². The highest BCUT2D eigenvalue weighted by atomic mass is 16.3. The normalized spacial score (nSPS) is 13.1. The third-order valence-corrected chi connectivity index (χ3v) is 11.5. The number of anilines is 3. The number of fused-ring (bicyclic) bond motifs is 9. The van der Waals surface area contributed by atoms with Gasteiger partial charge in [-0.05, 0) is 111 Å². The molecular formula is C51H35NO2. The molecule has 54 heavy (non-hydrogen) atoms. The van der Waals surface area contributed by atoms with E-state index in [2.05, 4.69) is 189 Å². The highest BCUT2D eigenvalue weighted by molar-refractivity contribution is 6.15. The summed E-state index contributed by atoms with van der Waals surface area (Å²) < 4.78 is 13.1. The maximum Gasteiger partial charge on any atom is 0.136 e. The highest BCUT2D eigenvalue weighted by Gasteiger charge is 2.35. The molecule has 2 aromatic heterocycles. The van der Waals surface area contributed by atoms with E-state index in [1.54, 1.807) is 0 Å². The van der Waals surface area contributed by atoms with Crippen molar-refractivity contribution >= 4 is 60.9 Å². The van der Waals surface area contributed by atoms with Crippen molar-refractivity contribution in [3.63, 3.8) is 0 Å². The molecule has 0 amide bonds. The van der Waals surface area contributed by atoms with Gasteiger partial charge in [0.2, 0.25) is 0 Å². The maximum absolute atomic E-state index is 6.55. The molecule has 2 heterocycles. The molecule has 0 bridgehead atoms. The molecule has 0 atom stereocenters. The van der Waals surface area contributed by atoms with Crippen molar-refractivity contribution in [2.75, 3.05) is 4.90 Å². The SMILES string of the molecule is CC1(C)c2ccccc2-c2ccc(N(c3ccc(-c4ccccc4)cc3)c3ccc4oc5cc6c(cc5c4c3)oc3cc(-c4ccccc4)ccc36)cc21. The van der Waals surface area contributed by atoms with Gasteiger partial charge in [0, 0.05) is 44.0 Å². The second-order valence-electron chi connectivity index (χ2n) is 15.0. The Balaban J connectivity index is 1.07. The first-order valence-corrected chi connectivity index (χ1v) is 18.6. The quantitative estimate of drug-likeness (QED) is 0.180. The summed E-state index contributed by atoms with van der Waals surface area (Å²) in [5.41, 5.74) is 16.6. The average molecular weight is 694 g/mol. The molecule has 0 saturated heterocycles. The molecule has 0 N–H and O–H groups in total. The standard InChI is InChI=1S/C51H35NO2/c1-51(2)45-16-10-9-15-39(45)40-25-22-38(29-46(40)51)52(36-20-17-34(18-21-36)32-11-5-3-6-12-32)37-23-26-47-42(28-37)44-31-49-43(30-50(44)53-47)41-24-19-35(27-48(41)54-49)33-13-7-4-8-14-33/h3-31H,1-2H3. The van der Waals surface area contributed by atoms with Crippen molar-refractivity contribution in [1.82, 2.24) is 0 Å². The van der Waals surface area contributed by atoms with Crippen molar-refractivity contribution in [2.45, 2.75) is 19.3 Å². The number of rotatable bonds is 5. The van der Waals surface area contributed by atoms with Crippen LogP contribution in [0, 0.1) is 0 Å². The topological polar surface area (TPSA) is 29.5 Å². The van der Waals surface area contributed by atoms with E-state index in [9.17, 15) is 0 Å². The third-order valence-electron chi connectivity index (χ3n) is 11.5. The molecular weight excluding hydrogens is 659 g/mol. The Morgan fingerprint density at radius 2 is 0.870 bits per heavy atom. The number of nitrogens with zero attached hydrogens (tertiary/aromatic N) is 1. The Bertz CT molecular complexity index is 3060. The van der Waals surface area contributed by atoms with Gasteiger partial charge in [0.1, 0.15) is 22.3 Å². The van der Waals surface area contributed by atoms with E-state index < -0.39 is 0 Å². The maximum atomic E-state index is 6.55. The summed E-state index contributed by atoms with van der Waals surface area (Å²) in [5.74, 6) is 0. The van der Waals surface area contributed by atoms with Crippen LogP contribution in [0.5, 0.6) is 0 Å². The second-order valence-corrected chi connectivity index (χ2v) is 15.0. The summed E-state index contributed by atoms with van der Waals surface area (Å²) in [6.07, 6.45) is 0. The van der Waals surface area contributed by atoms with E-state index in [-0.39, 0.29) is 5.41 Å². The zero-order valence-corrected chi connectivity index (χ0v) is 30.0. The average Bonchev–Trinajstić information content (AvgIpc) is 3.84. The lowest BCUT2D eigenvalue weighted by atomic mass is 9.82. The first kappa shape index (κ1) is 30.8. The van der Waals surface area contributed by atoms with Crippen LogP contribution in [0.1, 0.15) is 25.0 Å². The van der Waals surface area contributed by atoms with E-state index in [0.29, 0.717) is 0 Å². The smallest absolute Gasteiger partial charge is 0.136 e. The molecule has 3 nitrogen and oxygen atoms in total. The summed E-state index contributed by atoms with van der Waals surface area (Å²) in [4.78, 5) is 2.37. The molecule has 8 aromatic carbocycles. The van der Waals surface area contributed by atoms with Gasteiger partial charge in [-0.1, -0.05) is 123 Å². The Hall–Kier alpha value is -6.84. The Labute approximate surface area is 313 Å². The van der Waals surface area contributed by atoms with Gasteiger partial charge >= 0.3 is 0 Å². The molecule has 256 valence electrons. The van der Waals surface area contributed by atoms with E-state index in [0.717, 1.165) is 66.5 Å². The lowest BCUT2D eigenvalue weighted by Gasteiger charge is -2.28. The largest absolute Gasteiger partial charge is 0.456 e. The van der Waals surface area contributed by atoms with E-state index in [1.165, 1.54) is 38.9 Å². The fraction of sp³-hybridized carbons (Fsp3) is 0.0588. The van der Waals surface area contributed by atoms with Crippen molar-refractivity contribution < 1.29 is 8.83 Å². The monoisotopic (exact) mass is 693 g/mol. The molecule has 10 aromatic rings. The van der Waals surface area contributed by atoms with Crippen LogP contribution in [0.25, 0.3) is 77.3 Å². The van der Waals surface area contributed by atoms with Crippen LogP contribution in [0.15, 0.2) is 185 Å². The Morgan fingerprint density at radius 1 is 0.352 bits per heavy atom. The zero-order chi connectivity index (χ0) is 36.0. The van der Waals surface area contributed by atoms with Crippen molar-refractivity contribution in [3.05, 3.63) is 187 Å². The van der Waals surface area contributed by atoms with Gasteiger partial charge in [0.25, 0.3) is 0 Å². The predicted octanol–water partition coefficient (Wildman–Crippen LogP) is 14.6. The van der Waals surface area contributed by atoms with Gasteiger partial charge in [0.05, 0.1) is 0 Å². The van der Waals surface area contributed by atoms with Crippen molar-refractivity contribution in [3.8, 4) is 33.4 Å². The molecule has 0 spiro atoms. The van der Waals surface area contributed by atoms with Gasteiger partial charge in [-0.25, -0.2) is 0 Å². The van der Waals surface area contributed by atoms with E-state index in [4.69, 9.17) is 8.83 Å². The van der Waals surface area contributed by atoms with Crippen LogP contribution in [0.3, 0.4) is 0 Å². The molecule has 0 unspecified atom stereocenters. The van der Waals surface area contributed by atoms with Crippen LogP contribution in [-0.2, 0) is 5.41 Å². The van der Waals surface area contributed by atoms with Crippen LogP contribution < -0.4 is 4.90 Å². The van der Waals surface area contributed by atoms with E-state index in [1.807, 2.05) is 6.07 Å². The molecule has 0 aliphatic heterocycles. The van der Waals surface area contributed by atoms with Gasteiger partial charge in [0.15, 0.2) is 0 Å². The summed E-state index contributed by atoms with van der Waals surface area (Å²) in [6.45, 7) is 4.68. The first-order chi connectivity index (χ1) is 26.5. The number of furan rings is 2. The minimum Gasteiger partial charge on any atom is -0.456 e. The van der Waals surface area contributed by atoms with Gasteiger partial charge in [-0.2, -0.15) is 0 Å². The van der Waals surface area contributed by atoms with Crippen LogP contribution in [0.4, 0.5) is 17.1 Å². The Kier molecular flexibility index (Phi) is 6.60. The molecule has 0 fully saturated rings. The van der Waals surface area contributed by atoms with Crippen molar-refractivity contribution in [2.24, 2.45) is 0 Å². The zero-order valence-electron chi connectivity index (χ0n) is 30.0. The van der Waals surface area contributed by atoms with Gasteiger partial charge in [-0.15, -0.1) is 0 Å². The van der Waals surface area contributed by atoms with Crippen LogP contribution >= 0.6 is 0 Å². The lowest BCUT2D eigenvalue weighted by molar-refractivity contribution is 0.660. The molecule has 0 saturated carbocycles. The van der Waals surface area contributed by atoms with Crippen LogP contribution in [0.2, 0.25) is 0 Å². The highest BCUT2D eigenvalue weighted by Crippen LogP contribution is 2.51. The molecule has 0 radical (unpaired) electrons. The molecule has 3 heteroatoms. The number of hydrogen-bond donors (Lipinski definition) is 0. The Morgan fingerprint density at radius 3 is 1.63 bits per heavy atom. The summed E-state index contributed by atoms with van der Waals surface area (Å²) >= 11 is 0. The molecule has 1 aliphatic carbocycles. The van der Waals surface area contributed by atoms with Crippen molar-refractivity contribution in [1.29, 1.82) is 0 Å².